The summed E-state index contributed by atoms with van der Waals surface area (Å²) in [6, 6.07) is 16.0. The monoisotopic (exact) mass is 529 g/mol. The molecule has 0 fully saturated rings. The van der Waals surface area contributed by atoms with E-state index in [0.29, 0.717) is 40.0 Å². The second-order valence-electron chi connectivity index (χ2n) is 8.00. The maximum Gasteiger partial charge on any atom is 0.337 e. The number of aldehydes is 1. The number of rotatable bonds is 8. The van der Waals surface area contributed by atoms with Crippen LogP contribution < -0.4 is 16.0 Å². The Balaban J connectivity index is 0.000000344. The molecule has 11 nitrogen and oxygen atoms in total. The Kier molecular flexibility index (Phi) is 10.5. The molecule has 3 aromatic rings. The lowest BCUT2D eigenvalue weighted by molar-refractivity contribution is -0.116. The smallest absolute Gasteiger partial charge is 0.337 e. The number of nitrogens with zero attached hydrogens (tertiary/aromatic N) is 1. The van der Waals surface area contributed by atoms with Gasteiger partial charge in [0.15, 0.2) is 6.29 Å². The van der Waals surface area contributed by atoms with Crippen LogP contribution in [0, 0.1) is 16.7 Å². The second-order valence-corrected chi connectivity index (χ2v) is 8.00. The van der Waals surface area contributed by atoms with E-state index in [4.69, 9.17) is 15.8 Å². The van der Waals surface area contributed by atoms with Crippen LogP contribution in [0.1, 0.15) is 41.8 Å². The Morgan fingerprint density at radius 3 is 2.23 bits per heavy atom. The summed E-state index contributed by atoms with van der Waals surface area (Å²) in [4.78, 5) is 45.0. The van der Waals surface area contributed by atoms with E-state index in [1.807, 2.05) is 6.07 Å². The molecule has 0 aliphatic heterocycles. The van der Waals surface area contributed by atoms with Gasteiger partial charge < -0.3 is 26.2 Å². The highest BCUT2D eigenvalue weighted by molar-refractivity contribution is 6.35. The summed E-state index contributed by atoms with van der Waals surface area (Å²) in [7, 11) is 1.63. The number of carboxylic acid groups (broad SMARTS) is 1. The van der Waals surface area contributed by atoms with Gasteiger partial charge in [-0.3, -0.25) is 19.8 Å². The number of carbonyl (C=O) groups is 4. The maximum atomic E-state index is 11.9. The van der Waals surface area contributed by atoms with Crippen LogP contribution in [0.15, 0.2) is 54.6 Å². The summed E-state index contributed by atoms with van der Waals surface area (Å²) in [6.07, 6.45) is 0.558. The molecule has 3 rings (SSSR count). The average Bonchev–Trinajstić information content (AvgIpc) is 2.92. The summed E-state index contributed by atoms with van der Waals surface area (Å²) in [5.74, 6) is -1.87. The summed E-state index contributed by atoms with van der Waals surface area (Å²) in [5.41, 5.74) is 2.46. The van der Waals surface area contributed by atoms with Crippen LogP contribution >= 0.6 is 0 Å². The maximum absolute atomic E-state index is 11.9. The van der Waals surface area contributed by atoms with E-state index in [0.717, 1.165) is 0 Å². The molecule has 0 spiro atoms. The van der Waals surface area contributed by atoms with Gasteiger partial charge >= 0.3 is 5.97 Å². The van der Waals surface area contributed by atoms with Crippen molar-refractivity contribution >= 4 is 46.8 Å². The first-order valence-electron chi connectivity index (χ1n) is 11.6. The first kappa shape index (κ1) is 29.7. The highest BCUT2D eigenvalue weighted by Crippen LogP contribution is 2.38. The Morgan fingerprint density at radius 2 is 1.67 bits per heavy atom. The van der Waals surface area contributed by atoms with E-state index >= 15 is 0 Å². The molecule has 0 saturated heterocycles. The Labute approximate surface area is 224 Å². The zero-order chi connectivity index (χ0) is 29.1. The molecule has 200 valence electrons. The van der Waals surface area contributed by atoms with Gasteiger partial charge in [-0.05, 0) is 30.3 Å². The van der Waals surface area contributed by atoms with Crippen molar-refractivity contribution in [3.05, 3.63) is 71.3 Å². The number of hydrogen-bond donors (Lipinski definition) is 6. The number of aromatic hydroxyl groups is 1. The van der Waals surface area contributed by atoms with Crippen LogP contribution in [-0.4, -0.2) is 47.0 Å². The molecule has 0 bridgehead atoms. The number of carbonyl (C=O) groups excluding carboxylic acids is 3. The molecule has 0 heterocycles. The largest absolute Gasteiger partial charge is 0.507 e. The average molecular weight is 530 g/mol. The van der Waals surface area contributed by atoms with Gasteiger partial charge in [-0.15, -0.1) is 0 Å². The van der Waals surface area contributed by atoms with Gasteiger partial charge in [-0.25, -0.2) is 4.79 Å². The minimum absolute atomic E-state index is 0.0297. The molecule has 3 aromatic carbocycles. The van der Waals surface area contributed by atoms with Gasteiger partial charge in [0.1, 0.15) is 11.5 Å². The molecule has 0 aliphatic carbocycles. The highest BCUT2D eigenvalue weighted by Gasteiger charge is 2.17. The molecule has 39 heavy (non-hydrogen) atoms. The van der Waals surface area contributed by atoms with E-state index in [1.54, 1.807) is 50.4 Å². The zero-order valence-corrected chi connectivity index (χ0v) is 21.5. The molecule has 11 heteroatoms. The third-order valence-corrected chi connectivity index (χ3v) is 5.32. The second kappa shape index (κ2) is 13.7. The number of hydrogen-bond acceptors (Lipinski definition) is 8. The van der Waals surface area contributed by atoms with Crippen molar-refractivity contribution in [2.24, 2.45) is 0 Å². The predicted molar refractivity (Wildman–Crippen MR) is 147 cm³/mol. The molecule has 2 amide bonds. The standard InChI is InChI=1S/C19H19N3O4.C9H8N2O2/c1-3-19(26)22-17-9-18(25)14(15(20)10-23)8-13(17)12-6-4-5-7-16(12)21-11(2)24;1-11-8-3-2-6(5-10)4-7(8)9(12)13/h4-10,20,25H,3H2,1-2H3,(H,21,24)(H,22,26);2-4,11H,1H3,(H,12,13). The highest BCUT2D eigenvalue weighted by atomic mass is 16.4. The fraction of sp³-hybridized carbons (Fsp3) is 0.143. The van der Waals surface area contributed by atoms with E-state index < -0.39 is 11.7 Å². The third kappa shape index (κ3) is 7.74. The lowest BCUT2D eigenvalue weighted by Gasteiger charge is -2.17. The number of nitriles is 1. The number of phenols is 1. The van der Waals surface area contributed by atoms with Crippen LogP contribution in [0.4, 0.5) is 17.1 Å². The first-order chi connectivity index (χ1) is 18.6. The van der Waals surface area contributed by atoms with E-state index in [2.05, 4.69) is 16.0 Å². The predicted octanol–water partition coefficient (Wildman–Crippen LogP) is 4.23. The molecule has 0 saturated carbocycles. The molecule has 0 radical (unpaired) electrons. The van der Waals surface area contributed by atoms with Crippen molar-refractivity contribution in [3.8, 4) is 22.9 Å². The topological polar surface area (TPSA) is 192 Å². The molecule has 0 aliphatic rings. The lowest BCUT2D eigenvalue weighted by Crippen LogP contribution is -2.12. The van der Waals surface area contributed by atoms with Crippen LogP contribution in [-0.2, 0) is 14.4 Å². The van der Waals surface area contributed by atoms with Gasteiger partial charge in [-0.2, -0.15) is 5.26 Å². The molecular formula is C28H27N5O6. The fourth-order valence-electron chi connectivity index (χ4n) is 3.46. The summed E-state index contributed by atoms with van der Waals surface area (Å²) < 4.78 is 0. The summed E-state index contributed by atoms with van der Waals surface area (Å²) in [6.45, 7) is 3.07. The van der Waals surface area contributed by atoms with Crippen molar-refractivity contribution < 1.29 is 29.4 Å². The number of phenolic OH excluding ortho intramolecular Hbond substituents is 1. The van der Waals surface area contributed by atoms with Crippen LogP contribution in [0.2, 0.25) is 0 Å². The van der Waals surface area contributed by atoms with Crippen molar-refractivity contribution in [2.75, 3.05) is 23.0 Å². The summed E-state index contributed by atoms with van der Waals surface area (Å²) >= 11 is 0. The fourth-order valence-corrected chi connectivity index (χ4v) is 3.46. The minimum atomic E-state index is -1.04. The van der Waals surface area contributed by atoms with Crippen molar-refractivity contribution in [3.63, 3.8) is 0 Å². The lowest BCUT2D eigenvalue weighted by atomic mass is 9.96. The van der Waals surface area contributed by atoms with E-state index in [-0.39, 0.29) is 35.1 Å². The summed E-state index contributed by atoms with van der Waals surface area (Å²) in [5, 5.41) is 43.3. The van der Waals surface area contributed by atoms with Crippen LogP contribution in [0.5, 0.6) is 5.75 Å². The van der Waals surface area contributed by atoms with Crippen LogP contribution in [0.25, 0.3) is 11.1 Å². The van der Waals surface area contributed by atoms with Gasteiger partial charge in [0.2, 0.25) is 11.8 Å². The number of para-hydroxylation sites is 1. The normalized spacial score (nSPS) is 9.69. The van der Waals surface area contributed by atoms with Crippen molar-refractivity contribution in [1.82, 2.24) is 0 Å². The molecule has 0 aromatic heterocycles. The SMILES string of the molecule is CCC(=O)Nc1cc(O)c(C(=N)C=O)cc1-c1ccccc1NC(C)=O.CNc1ccc(C#N)cc1C(=O)O. The number of nitrogens with one attached hydrogen (secondary N) is 4. The quantitative estimate of drug-likeness (QED) is 0.184. The Hall–Kier alpha value is -5.50. The first-order valence-corrected chi connectivity index (χ1v) is 11.6. The zero-order valence-electron chi connectivity index (χ0n) is 21.5. The van der Waals surface area contributed by atoms with Crippen molar-refractivity contribution in [2.45, 2.75) is 20.3 Å². The molecule has 6 N–H and O–H groups in total. The molecule has 0 unspecified atom stereocenters. The van der Waals surface area contributed by atoms with Gasteiger partial charge in [0, 0.05) is 54.5 Å². The number of carboxylic acids is 1. The number of anilines is 3. The van der Waals surface area contributed by atoms with E-state index in [9.17, 15) is 24.3 Å². The van der Waals surface area contributed by atoms with E-state index in [1.165, 1.54) is 25.1 Å². The molecule has 0 atom stereocenters. The minimum Gasteiger partial charge on any atom is -0.507 e. The van der Waals surface area contributed by atoms with Gasteiger partial charge in [-0.1, -0.05) is 25.1 Å². The van der Waals surface area contributed by atoms with Crippen molar-refractivity contribution in [1.29, 1.82) is 10.7 Å². The Morgan fingerprint density at radius 1 is 0.974 bits per heavy atom. The number of amides is 2. The van der Waals surface area contributed by atoms with Crippen LogP contribution in [0.3, 0.4) is 0 Å². The number of aromatic carboxylic acids is 1. The number of benzene rings is 3. The van der Waals surface area contributed by atoms with Gasteiger partial charge in [0.25, 0.3) is 0 Å². The molecular weight excluding hydrogens is 502 g/mol. The van der Waals surface area contributed by atoms with Gasteiger partial charge in [0.05, 0.1) is 22.9 Å². The third-order valence-electron chi connectivity index (χ3n) is 5.32. The Bertz CT molecular complexity index is 1480.